The third-order valence-electron chi connectivity index (χ3n) is 8.33. The van der Waals surface area contributed by atoms with E-state index in [1.54, 1.807) is 0 Å². The predicted octanol–water partition coefficient (Wildman–Crippen LogP) is 4.76. The molecule has 35 heavy (non-hydrogen) atoms. The standard InChI is InChI=1S/C26H29F3N2O3S/c1-25(2)22-14-19(30-35(33,34)20-10-7-18(8-11-20)26(27,28)29)9-12-21(22)24(32)31-15-17-6-4-3-5-16(17)13-23(25)31/h3-8,10-11,19,21-23,30H,9,12-15H2,1-2H3/t19-,21-,22?,23?/m0/s1. The van der Waals surface area contributed by atoms with Crippen LogP contribution in [0.4, 0.5) is 13.2 Å². The molecule has 1 aliphatic carbocycles. The van der Waals surface area contributed by atoms with E-state index in [0.717, 1.165) is 30.7 Å². The highest BCUT2D eigenvalue weighted by Gasteiger charge is 2.55. The van der Waals surface area contributed by atoms with Crippen molar-refractivity contribution in [3.63, 3.8) is 0 Å². The van der Waals surface area contributed by atoms with Crippen LogP contribution in [0.15, 0.2) is 53.4 Å². The summed E-state index contributed by atoms with van der Waals surface area (Å²) in [6.45, 7) is 4.96. The first-order valence-electron chi connectivity index (χ1n) is 11.9. The van der Waals surface area contributed by atoms with Crippen molar-refractivity contribution in [3.8, 4) is 0 Å². The van der Waals surface area contributed by atoms with Crippen LogP contribution >= 0.6 is 0 Å². The number of fused-ring (bicyclic) bond motifs is 3. The molecule has 1 saturated carbocycles. The van der Waals surface area contributed by atoms with Gasteiger partial charge in [-0.1, -0.05) is 38.1 Å². The minimum atomic E-state index is -4.53. The van der Waals surface area contributed by atoms with E-state index < -0.39 is 21.8 Å². The van der Waals surface area contributed by atoms with Crippen molar-refractivity contribution in [1.82, 2.24) is 9.62 Å². The Morgan fingerprint density at radius 1 is 1.00 bits per heavy atom. The SMILES string of the molecule is CC1(C)C2C[C@@H](NS(=O)(=O)c3ccc(C(F)(F)F)cc3)CC[C@@H]2C(=O)N2Cc3ccccc3CC21. The van der Waals surface area contributed by atoms with Gasteiger partial charge in [-0.25, -0.2) is 13.1 Å². The van der Waals surface area contributed by atoms with Gasteiger partial charge in [-0.15, -0.1) is 0 Å². The summed E-state index contributed by atoms with van der Waals surface area (Å²) in [6.07, 6.45) is -2.13. The Morgan fingerprint density at radius 2 is 1.66 bits per heavy atom. The molecule has 2 aliphatic heterocycles. The number of benzene rings is 2. The van der Waals surface area contributed by atoms with E-state index in [0.29, 0.717) is 25.8 Å². The molecule has 1 saturated heterocycles. The number of rotatable bonds is 3. The summed E-state index contributed by atoms with van der Waals surface area (Å²) in [5.74, 6) is 0.00628. The maximum Gasteiger partial charge on any atom is 0.416 e. The summed E-state index contributed by atoms with van der Waals surface area (Å²) in [5.41, 5.74) is 1.33. The average Bonchev–Trinajstić information content (AvgIpc) is 2.81. The molecule has 4 atom stereocenters. The number of piperidine rings is 1. The van der Waals surface area contributed by atoms with Crippen LogP contribution in [0.3, 0.4) is 0 Å². The molecule has 1 amide bonds. The zero-order valence-corrected chi connectivity index (χ0v) is 20.5. The first kappa shape index (κ1) is 24.3. The quantitative estimate of drug-likeness (QED) is 0.653. The van der Waals surface area contributed by atoms with E-state index in [1.165, 1.54) is 11.1 Å². The van der Waals surface area contributed by atoms with E-state index in [2.05, 4.69) is 30.7 Å². The Kier molecular flexibility index (Phi) is 5.79. The maximum absolute atomic E-state index is 13.5. The highest BCUT2D eigenvalue weighted by molar-refractivity contribution is 7.89. The highest BCUT2D eigenvalue weighted by Crippen LogP contribution is 2.52. The molecule has 188 valence electrons. The van der Waals surface area contributed by atoms with Gasteiger partial charge in [0.2, 0.25) is 15.9 Å². The smallest absolute Gasteiger partial charge is 0.334 e. The fraction of sp³-hybridized carbons (Fsp3) is 0.500. The minimum Gasteiger partial charge on any atom is -0.334 e. The highest BCUT2D eigenvalue weighted by atomic mass is 32.2. The summed E-state index contributed by atoms with van der Waals surface area (Å²) >= 11 is 0. The van der Waals surface area contributed by atoms with Crippen molar-refractivity contribution < 1.29 is 26.4 Å². The molecule has 2 heterocycles. The molecular formula is C26H29F3N2O3S. The monoisotopic (exact) mass is 506 g/mol. The normalized spacial score (nSPS) is 28.1. The number of nitrogens with one attached hydrogen (secondary N) is 1. The second-order valence-electron chi connectivity index (χ2n) is 10.6. The minimum absolute atomic E-state index is 0.00978. The lowest BCUT2D eigenvalue weighted by atomic mass is 9.57. The van der Waals surface area contributed by atoms with Crippen LogP contribution in [-0.2, 0) is 34.0 Å². The van der Waals surface area contributed by atoms with Gasteiger partial charge in [0, 0.05) is 24.5 Å². The third kappa shape index (κ3) is 4.27. The van der Waals surface area contributed by atoms with Crippen LogP contribution in [0.5, 0.6) is 0 Å². The number of nitrogens with zero attached hydrogens (tertiary/aromatic N) is 1. The molecular weight excluding hydrogens is 477 g/mol. The number of sulfonamides is 1. The van der Waals surface area contributed by atoms with Gasteiger partial charge in [0.05, 0.1) is 10.5 Å². The largest absolute Gasteiger partial charge is 0.416 e. The van der Waals surface area contributed by atoms with E-state index in [1.807, 2.05) is 17.0 Å². The maximum atomic E-state index is 13.5. The predicted molar refractivity (Wildman–Crippen MR) is 125 cm³/mol. The number of hydrogen-bond acceptors (Lipinski definition) is 3. The molecule has 0 radical (unpaired) electrons. The second-order valence-corrected chi connectivity index (χ2v) is 12.4. The summed E-state index contributed by atoms with van der Waals surface area (Å²) in [7, 11) is -3.99. The van der Waals surface area contributed by atoms with Gasteiger partial charge < -0.3 is 4.90 Å². The van der Waals surface area contributed by atoms with Gasteiger partial charge in [-0.3, -0.25) is 4.79 Å². The van der Waals surface area contributed by atoms with Crippen LogP contribution < -0.4 is 4.72 Å². The molecule has 5 rings (SSSR count). The summed E-state index contributed by atoms with van der Waals surface area (Å²) in [5, 5.41) is 0. The molecule has 0 bridgehead atoms. The van der Waals surface area contributed by atoms with E-state index in [9.17, 15) is 26.4 Å². The number of amides is 1. The number of carbonyl (C=O) groups excluding carboxylic acids is 1. The molecule has 9 heteroatoms. The van der Waals surface area contributed by atoms with E-state index in [-0.39, 0.29) is 40.1 Å². The molecule has 2 unspecified atom stereocenters. The number of alkyl halides is 3. The molecule has 2 fully saturated rings. The Labute approximate surface area is 203 Å². The topological polar surface area (TPSA) is 66.5 Å². The van der Waals surface area contributed by atoms with Crippen molar-refractivity contribution >= 4 is 15.9 Å². The lowest BCUT2D eigenvalue weighted by molar-refractivity contribution is -0.162. The van der Waals surface area contributed by atoms with Crippen LogP contribution in [0, 0.1) is 17.3 Å². The molecule has 1 N–H and O–H groups in total. The van der Waals surface area contributed by atoms with Crippen LogP contribution in [-0.4, -0.2) is 31.3 Å². The Hall–Kier alpha value is -2.39. The van der Waals surface area contributed by atoms with Crippen LogP contribution in [0.2, 0.25) is 0 Å². The molecule has 5 nitrogen and oxygen atoms in total. The average molecular weight is 507 g/mol. The Balaban J connectivity index is 1.35. The van der Waals surface area contributed by atoms with Crippen molar-refractivity contribution in [2.24, 2.45) is 17.3 Å². The zero-order valence-electron chi connectivity index (χ0n) is 19.7. The zero-order chi connectivity index (χ0) is 25.2. The number of halogens is 3. The van der Waals surface area contributed by atoms with Gasteiger partial charge >= 0.3 is 6.18 Å². The third-order valence-corrected chi connectivity index (χ3v) is 9.86. The Bertz CT molecular complexity index is 1240. The fourth-order valence-electron chi connectivity index (χ4n) is 6.39. The summed E-state index contributed by atoms with van der Waals surface area (Å²) in [6, 6.07) is 11.4. The first-order chi connectivity index (χ1) is 16.4. The molecule has 2 aromatic rings. The van der Waals surface area contributed by atoms with Crippen molar-refractivity contribution in [2.75, 3.05) is 0 Å². The summed E-state index contributed by atoms with van der Waals surface area (Å²) in [4.78, 5) is 15.3. The van der Waals surface area contributed by atoms with Crippen molar-refractivity contribution in [1.29, 1.82) is 0 Å². The van der Waals surface area contributed by atoms with Crippen LogP contribution in [0.25, 0.3) is 0 Å². The van der Waals surface area contributed by atoms with E-state index >= 15 is 0 Å². The number of hydrogen-bond donors (Lipinski definition) is 1. The van der Waals surface area contributed by atoms with Crippen molar-refractivity contribution in [3.05, 3.63) is 65.2 Å². The van der Waals surface area contributed by atoms with Gasteiger partial charge in [-0.2, -0.15) is 13.2 Å². The fourth-order valence-corrected chi connectivity index (χ4v) is 7.67. The molecule has 0 aromatic heterocycles. The Morgan fingerprint density at radius 3 is 2.31 bits per heavy atom. The first-order valence-corrected chi connectivity index (χ1v) is 13.4. The lowest BCUT2D eigenvalue weighted by Crippen LogP contribution is -2.64. The van der Waals surface area contributed by atoms with Gasteiger partial charge in [0.15, 0.2) is 0 Å². The van der Waals surface area contributed by atoms with Crippen molar-refractivity contribution in [2.45, 2.75) is 69.2 Å². The number of carbonyl (C=O) groups is 1. The van der Waals surface area contributed by atoms with E-state index in [4.69, 9.17) is 0 Å². The summed E-state index contributed by atoms with van der Waals surface area (Å²) < 4.78 is 67.2. The molecule has 2 aromatic carbocycles. The lowest BCUT2D eigenvalue weighted by Gasteiger charge is -2.58. The van der Waals surface area contributed by atoms with Crippen LogP contribution in [0.1, 0.15) is 49.8 Å². The van der Waals surface area contributed by atoms with Gasteiger partial charge in [0.1, 0.15) is 0 Å². The van der Waals surface area contributed by atoms with Gasteiger partial charge in [0.25, 0.3) is 0 Å². The molecule has 3 aliphatic rings. The van der Waals surface area contributed by atoms with Gasteiger partial charge in [-0.05, 0) is 72.4 Å². The second kappa shape index (κ2) is 8.34. The molecule has 0 spiro atoms.